The molecule has 1 amide bonds. The predicted molar refractivity (Wildman–Crippen MR) is 122 cm³/mol. The Kier molecular flexibility index (Phi) is 5.40. The van der Waals surface area contributed by atoms with Crippen LogP contribution in [0.5, 0.6) is 0 Å². The van der Waals surface area contributed by atoms with E-state index in [2.05, 4.69) is 60.8 Å². The van der Waals surface area contributed by atoms with Gasteiger partial charge in [-0.2, -0.15) is 0 Å². The van der Waals surface area contributed by atoms with Crippen molar-refractivity contribution in [3.63, 3.8) is 0 Å². The molecule has 5 rings (SSSR count). The first-order valence-electron chi connectivity index (χ1n) is 11.1. The van der Waals surface area contributed by atoms with Crippen LogP contribution in [-0.2, 0) is 4.79 Å². The fourth-order valence-corrected chi connectivity index (χ4v) is 4.63. The molecule has 1 atom stereocenters. The average molecular weight is 417 g/mol. The number of fused-ring (bicyclic) bond motifs is 1. The summed E-state index contributed by atoms with van der Waals surface area (Å²) in [7, 11) is 0. The van der Waals surface area contributed by atoms with Gasteiger partial charge in [0.1, 0.15) is 5.52 Å². The van der Waals surface area contributed by atoms with Crippen LogP contribution in [-0.4, -0.2) is 65.0 Å². The van der Waals surface area contributed by atoms with Crippen LogP contribution in [0.2, 0.25) is 0 Å². The highest BCUT2D eigenvalue weighted by Gasteiger charge is 2.31. The summed E-state index contributed by atoms with van der Waals surface area (Å²) >= 11 is 0. The Morgan fingerprint density at radius 3 is 2.48 bits per heavy atom. The molecule has 7 heteroatoms. The lowest BCUT2D eigenvalue weighted by Crippen LogP contribution is -2.52. The van der Waals surface area contributed by atoms with Crippen LogP contribution >= 0.6 is 0 Å². The van der Waals surface area contributed by atoms with E-state index >= 15 is 0 Å². The fraction of sp³-hybridized carbons (Fsp3) is 0.417. The van der Waals surface area contributed by atoms with E-state index in [4.69, 9.17) is 0 Å². The quantitative estimate of drug-likeness (QED) is 0.654. The molecule has 0 N–H and O–H groups in total. The Labute approximate surface area is 182 Å². The van der Waals surface area contributed by atoms with Crippen LogP contribution in [0.25, 0.3) is 11.2 Å². The second kappa shape index (κ2) is 8.49. The lowest BCUT2D eigenvalue weighted by atomic mass is 9.95. The number of carbonyl (C=O) groups is 1. The molecule has 31 heavy (non-hydrogen) atoms. The minimum atomic E-state index is 0.0391. The minimum absolute atomic E-state index is 0.0391. The molecule has 2 aliphatic rings. The summed E-state index contributed by atoms with van der Waals surface area (Å²) in [4.78, 5) is 33.0. The van der Waals surface area contributed by atoms with Crippen LogP contribution in [0, 0.1) is 12.8 Å². The number of aryl methyl sites for hydroxylation is 1. The summed E-state index contributed by atoms with van der Waals surface area (Å²) in [5, 5.41) is 0. The number of hydrogen-bond donors (Lipinski definition) is 0. The lowest BCUT2D eigenvalue weighted by Gasteiger charge is -2.40. The van der Waals surface area contributed by atoms with Crippen molar-refractivity contribution in [1.82, 2.24) is 19.9 Å². The van der Waals surface area contributed by atoms with Crippen molar-refractivity contribution in [2.75, 3.05) is 49.1 Å². The second-order valence-electron chi connectivity index (χ2n) is 8.53. The first-order chi connectivity index (χ1) is 15.2. The van der Waals surface area contributed by atoms with Crippen LogP contribution < -0.4 is 9.80 Å². The highest BCUT2D eigenvalue weighted by molar-refractivity contribution is 5.80. The van der Waals surface area contributed by atoms with E-state index < -0.39 is 0 Å². The Morgan fingerprint density at radius 2 is 1.68 bits per heavy atom. The normalized spacial score (nSPS) is 19.6. The highest BCUT2D eigenvalue weighted by Crippen LogP contribution is 2.26. The van der Waals surface area contributed by atoms with Crippen molar-refractivity contribution in [3.05, 3.63) is 54.5 Å². The van der Waals surface area contributed by atoms with Gasteiger partial charge in [0, 0.05) is 57.3 Å². The first kappa shape index (κ1) is 19.7. The summed E-state index contributed by atoms with van der Waals surface area (Å²) in [5.74, 6) is 0.332. The molecular weight excluding hydrogens is 388 g/mol. The standard InChI is InChI=1S/C24H28N6O/c1-18-4-6-20(7-5-18)28-11-13-29(14-12-28)24(31)19-3-2-10-30(17-19)21-15-22-23(27-16-21)26-9-8-25-22/h4-9,15-16,19H,2-3,10-14,17H2,1H3/t19-/m1/s1. The maximum Gasteiger partial charge on any atom is 0.227 e. The van der Waals surface area contributed by atoms with Gasteiger partial charge in [-0.25, -0.2) is 9.97 Å². The van der Waals surface area contributed by atoms with E-state index in [1.54, 1.807) is 12.4 Å². The predicted octanol–water partition coefficient (Wildman–Crippen LogP) is 2.90. The van der Waals surface area contributed by atoms with Crippen LogP contribution in [0.1, 0.15) is 18.4 Å². The van der Waals surface area contributed by atoms with Gasteiger partial charge in [0.25, 0.3) is 0 Å². The van der Waals surface area contributed by atoms with Crippen molar-refractivity contribution in [3.8, 4) is 0 Å². The monoisotopic (exact) mass is 416 g/mol. The summed E-state index contributed by atoms with van der Waals surface area (Å²) in [5.41, 5.74) is 4.99. The zero-order valence-corrected chi connectivity index (χ0v) is 17.9. The molecule has 0 aliphatic carbocycles. The van der Waals surface area contributed by atoms with Gasteiger partial charge in [-0.1, -0.05) is 17.7 Å². The number of rotatable bonds is 3. The van der Waals surface area contributed by atoms with E-state index in [-0.39, 0.29) is 5.92 Å². The lowest BCUT2D eigenvalue weighted by molar-refractivity contribution is -0.136. The molecular formula is C24H28N6O. The largest absolute Gasteiger partial charge is 0.369 e. The van der Waals surface area contributed by atoms with Gasteiger partial charge in [-0.15, -0.1) is 0 Å². The molecule has 4 heterocycles. The molecule has 0 saturated carbocycles. The number of aromatic nitrogens is 3. The van der Waals surface area contributed by atoms with Gasteiger partial charge >= 0.3 is 0 Å². The number of piperidine rings is 1. The van der Waals surface area contributed by atoms with Crippen LogP contribution in [0.4, 0.5) is 11.4 Å². The molecule has 2 fully saturated rings. The highest BCUT2D eigenvalue weighted by atomic mass is 16.2. The molecule has 160 valence electrons. The van der Waals surface area contributed by atoms with Gasteiger partial charge < -0.3 is 14.7 Å². The number of carbonyl (C=O) groups excluding carboxylic acids is 1. The van der Waals surface area contributed by atoms with E-state index in [0.717, 1.165) is 63.3 Å². The van der Waals surface area contributed by atoms with Crippen molar-refractivity contribution < 1.29 is 4.79 Å². The molecule has 0 unspecified atom stereocenters. The third-order valence-electron chi connectivity index (χ3n) is 6.44. The Bertz CT molecular complexity index is 1060. The average Bonchev–Trinajstić information content (AvgIpc) is 2.84. The van der Waals surface area contributed by atoms with E-state index in [1.165, 1.54) is 11.3 Å². The van der Waals surface area contributed by atoms with Crippen LogP contribution in [0.3, 0.4) is 0 Å². The van der Waals surface area contributed by atoms with Gasteiger partial charge in [0.05, 0.1) is 17.8 Å². The summed E-state index contributed by atoms with van der Waals surface area (Å²) in [6.45, 7) is 7.14. The molecule has 0 spiro atoms. The van der Waals surface area contributed by atoms with E-state index in [9.17, 15) is 4.79 Å². The number of pyridine rings is 1. The second-order valence-corrected chi connectivity index (χ2v) is 8.53. The number of anilines is 2. The van der Waals surface area contributed by atoms with E-state index in [0.29, 0.717) is 11.6 Å². The maximum atomic E-state index is 13.3. The number of piperazine rings is 1. The van der Waals surface area contributed by atoms with Crippen LogP contribution in [0.15, 0.2) is 48.9 Å². The Balaban J connectivity index is 1.22. The first-order valence-corrected chi connectivity index (χ1v) is 11.1. The smallest absolute Gasteiger partial charge is 0.227 e. The van der Waals surface area contributed by atoms with E-state index in [1.807, 2.05) is 12.3 Å². The third-order valence-corrected chi connectivity index (χ3v) is 6.44. The molecule has 2 aromatic heterocycles. The zero-order valence-electron chi connectivity index (χ0n) is 17.9. The molecule has 7 nitrogen and oxygen atoms in total. The topological polar surface area (TPSA) is 65.5 Å². The van der Waals surface area contributed by atoms with Gasteiger partial charge in [-0.05, 0) is 38.0 Å². The summed E-state index contributed by atoms with van der Waals surface area (Å²) in [6.07, 6.45) is 7.16. The molecule has 0 radical (unpaired) electrons. The van der Waals surface area contributed by atoms with Crippen molar-refractivity contribution in [1.29, 1.82) is 0 Å². The van der Waals surface area contributed by atoms with Crippen molar-refractivity contribution >= 4 is 28.4 Å². The fourth-order valence-electron chi connectivity index (χ4n) is 4.63. The summed E-state index contributed by atoms with van der Waals surface area (Å²) < 4.78 is 0. The molecule has 3 aromatic rings. The Hall–Kier alpha value is -3.22. The molecule has 2 saturated heterocycles. The molecule has 0 bridgehead atoms. The number of hydrogen-bond acceptors (Lipinski definition) is 6. The maximum absolute atomic E-state index is 13.3. The zero-order chi connectivity index (χ0) is 21.2. The molecule has 1 aromatic carbocycles. The SMILES string of the molecule is Cc1ccc(N2CCN(C(=O)[C@@H]3CCCN(c4cnc5nccnc5c4)C3)CC2)cc1. The van der Waals surface area contributed by atoms with Gasteiger partial charge in [-0.3, -0.25) is 9.78 Å². The number of nitrogens with zero attached hydrogens (tertiary/aromatic N) is 6. The number of benzene rings is 1. The molecule has 2 aliphatic heterocycles. The third kappa shape index (κ3) is 4.17. The minimum Gasteiger partial charge on any atom is -0.369 e. The van der Waals surface area contributed by atoms with Gasteiger partial charge in [0.2, 0.25) is 5.91 Å². The number of amides is 1. The summed E-state index contributed by atoms with van der Waals surface area (Å²) in [6, 6.07) is 10.7. The Morgan fingerprint density at radius 1 is 0.903 bits per heavy atom. The van der Waals surface area contributed by atoms with Crippen molar-refractivity contribution in [2.24, 2.45) is 5.92 Å². The van der Waals surface area contributed by atoms with Gasteiger partial charge in [0.15, 0.2) is 5.65 Å². The van der Waals surface area contributed by atoms with Crippen molar-refractivity contribution in [2.45, 2.75) is 19.8 Å².